The van der Waals surface area contributed by atoms with Gasteiger partial charge in [-0.05, 0) is 36.9 Å². The number of halogens is 1. The summed E-state index contributed by atoms with van der Waals surface area (Å²) in [5.74, 6) is 2.87. The van der Waals surface area contributed by atoms with E-state index in [4.69, 9.17) is 16.3 Å². The van der Waals surface area contributed by atoms with Crippen LogP contribution in [0.4, 0.5) is 0 Å². The molecular formula is C17H16ClNO. The van der Waals surface area contributed by atoms with Crippen LogP contribution in [0, 0.1) is 0 Å². The first-order valence-corrected chi connectivity index (χ1v) is 7.35. The summed E-state index contributed by atoms with van der Waals surface area (Å²) in [4.78, 5) is 2.39. The monoisotopic (exact) mass is 291 g/mol. The lowest BCUT2D eigenvalue weighted by atomic mass is 9.92. The Kier molecular flexibility index (Phi) is 2.76. The van der Waals surface area contributed by atoms with Gasteiger partial charge in [-0.2, -0.15) is 0 Å². The van der Waals surface area contributed by atoms with E-state index in [9.17, 15) is 0 Å². The number of likely N-dealkylation sites (N-methyl/N-ethyl adjacent to an activating group) is 1. The predicted molar refractivity (Wildman–Crippen MR) is 80.9 cm³/mol. The van der Waals surface area contributed by atoms with Crippen LogP contribution in [-0.4, -0.2) is 25.0 Å². The van der Waals surface area contributed by atoms with E-state index in [0.29, 0.717) is 11.8 Å². The molecule has 1 fully saturated rings. The van der Waals surface area contributed by atoms with Crippen molar-refractivity contribution in [3.63, 3.8) is 0 Å². The molecule has 2 aliphatic rings. The molecule has 0 saturated carbocycles. The summed E-state index contributed by atoms with van der Waals surface area (Å²) in [6.45, 7) is 2.12. The maximum Gasteiger partial charge on any atom is 0.131 e. The summed E-state index contributed by atoms with van der Waals surface area (Å²) in [7, 11) is 2.18. The summed E-state index contributed by atoms with van der Waals surface area (Å²) >= 11 is 6.20. The van der Waals surface area contributed by atoms with Gasteiger partial charge < -0.3 is 9.64 Å². The molecule has 2 aromatic rings. The zero-order valence-corrected chi connectivity index (χ0v) is 12.1. The van der Waals surface area contributed by atoms with Crippen molar-refractivity contribution < 1.29 is 4.74 Å². The summed E-state index contributed by atoms with van der Waals surface area (Å²) in [6, 6.07) is 14.4. The number of nitrogens with zero attached hydrogens (tertiary/aromatic N) is 1. The highest BCUT2D eigenvalue weighted by Crippen LogP contribution is 2.49. The van der Waals surface area contributed by atoms with Crippen LogP contribution in [0.3, 0.4) is 0 Å². The first kappa shape index (κ1) is 12.2. The molecule has 0 unspecified atom stereocenters. The topological polar surface area (TPSA) is 12.5 Å². The van der Waals surface area contributed by atoms with Gasteiger partial charge in [0.25, 0.3) is 0 Å². The lowest BCUT2D eigenvalue weighted by molar-refractivity contribution is 0.401. The van der Waals surface area contributed by atoms with Gasteiger partial charge in [0.15, 0.2) is 0 Å². The smallest absolute Gasteiger partial charge is 0.131 e. The summed E-state index contributed by atoms with van der Waals surface area (Å²) in [5, 5.41) is 0.784. The van der Waals surface area contributed by atoms with E-state index in [1.54, 1.807) is 0 Å². The molecule has 20 heavy (non-hydrogen) atoms. The lowest BCUT2D eigenvalue weighted by Crippen LogP contribution is -2.14. The number of para-hydroxylation sites is 1. The molecule has 0 spiro atoms. The van der Waals surface area contributed by atoms with Crippen LogP contribution < -0.4 is 4.74 Å². The van der Waals surface area contributed by atoms with Crippen molar-refractivity contribution in [2.24, 2.45) is 0 Å². The third-order valence-electron chi connectivity index (χ3n) is 4.41. The summed E-state index contributed by atoms with van der Waals surface area (Å²) < 4.78 is 6.15. The van der Waals surface area contributed by atoms with Crippen LogP contribution in [-0.2, 0) is 0 Å². The van der Waals surface area contributed by atoms with Crippen LogP contribution in [0.15, 0.2) is 42.5 Å². The van der Waals surface area contributed by atoms with E-state index in [-0.39, 0.29) is 0 Å². The Balaban J connectivity index is 1.93. The summed E-state index contributed by atoms with van der Waals surface area (Å²) in [6.07, 6.45) is 0. The van der Waals surface area contributed by atoms with Crippen molar-refractivity contribution >= 4 is 11.6 Å². The number of ether oxygens (including phenoxy) is 1. The second kappa shape index (κ2) is 4.51. The molecule has 3 heteroatoms. The number of fused-ring (bicyclic) bond motifs is 5. The number of hydrogen-bond acceptors (Lipinski definition) is 2. The maximum absolute atomic E-state index is 6.20. The molecule has 0 aliphatic carbocycles. The molecule has 2 aromatic carbocycles. The number of likely N-dealkylation sites (tertiary alicyclic amines) is 1. The van der Waals surface area contributed by atoms with E-state index in [2.05, 4.69) is 36.2 Å². The zero-order valence-electron chi connectivity index (χ0n) is 11.3. The Labute approximate surface area is 123 Å². The molecule has 2 nitrogen and oxygen atoms in total. The molecule has 2 atom stereocenters. The van der Waals surface area contributed by atoms with Gasteiger partial charge in [-0.25, -0.2) is 0 Å². The Bertz CT molecular complexity index is 670. The highest BCUT2D eigenvalue weighted by atomic mass is 35.5. The van der Waals surface area contributed by atoms with Crippen molar-refractivity contribution in [2.45, 2.75) is 11.8 Å². The zero-order chi connectivity index (χ0) is 13.7. The van der Waals surface area contributed by atoms with E-state index in [1.807, 2.05) is 18.2 Å². The van der Waals surface area contributed by atoms with Gasteiger partial charge in [-0.15, -0.1) is 0 Å². The third-order valence-corrected chi connectivity index (χ3v) is 4.65. The molecule has 0 aromatic heterocycles. The second-order valence-electron chi connectivity index (χ2n) is 5.76. The predicted octanol–water partition coefficient (Wildman–Crippen LogP) is 4.26. The molecule has 2 aliphatic heterocycles. The maximum atomic E-state index is 6.20. The standard InChI is InChI=1S/C17H16ClNO/c1-19-9-14-12-4-2-3-5-16(12)20-17-7-6-11(18)8-13(17)15(14)10-19/h2-8,14-15H,9-10H2,1H3/t14-,15-/m1/s1/i6+1,7+1,8+1,11+1,13+1,17+1. The molecule has 2 heterocycles. The second-order valence-corrected chi connectivity index (χ2v) is 6.19. The van der Waals surface area contributed by atoms with Gasteiger partial charge >= 0.3 is 0 Å². The van der Waals surface area contributed by atoms with Crippen molar-refractivity contribution in [2.75, 3.05) is 20.1 Å². The first-order chi connectivity index (χ1) is 9.72. The van der Waals surface area contributed by atoms with E-state index in [0.717, 1.165) is 29.6 Å². The van der Waals surface area contributed by atoms with Gasteiger partial charge in [0.1, 0.15) is 11.5 Å². The molecule has 1 saturated heterocycles. The minimum atomic E-state index is 0.456. The molecular weight excluding hydrogens is 276 g/mol. The van der Waals surface area contributed by atoms with Gasteiger partial charge in [-0.1, -0.05) is 29.8 Å². The van der Waals surface area contributed by atoms with Crippen LogP contribution >= 0.6 is 11.6 Å². The minimum Gasteiger partial charge on any atom is -0.457 e. The van der Waals surface area contributed by atoms with Gasteiger partial charge in [0.05, 0.1) is 0 Å². The van der Waals surface area contributed by atoms with Crippen LogP contribution in [0.2, 0.25) is 5.02 Å². The number of benzene rings is 2. The SMILES string of the molecule is CN1C[C@@H]2c3ccccc3O[13c]3[13cH][13cH][13c](Cl)[13cH][13c]3[C@H]2C1. The Hall–Kier alpha value is -1.51. The van der Waals surface area contributed by atoms with Crippen molar-refractivity contribution in [3.05, 3.63) is 58.6 Å². The van der Waals surface area contributed by atoms with Crippen molar-refractivity contribution in [1.29, 1.82) is 0 Å². The minimum absolute atomic E-state index is 0.456. The van der Waals surface area contributed by atoms with E-state index < -0.39 is 0 Å². The normalized spacial score (nSPS) is 24.3. The molecule has 0 bridgehead atoms. The van der Waals surface area contributed by atoms with Gasteiger partial charge in [-0.3, -0.25) is 0 Å². The van der Waals surface area contributed by atoms with Crippen molar-refractivity contribution in [1.82, 2.24) is 4.90 Å². The van der Waals surface area contributed by atoms with Crippen molar-refractivity contribution in [3.8, 4) is 11.5 Å². The number of rotatable bonds is 0. The fourth-order valence-corrected chi connectivity index (χ4v) is 3.71. The highest BCUT2D eigenvalue weighted by molar-refractivity contribution is 6.30. The van der Waals surface area contributed by atoms with Crippen LogP contribution in [0.5, 0.6) is 11.5 Å². The van der Waals surface area contributed by atoms with Gasteiger partial charge in [0, 0.05) is 35.5 Å². The van der Waals surface area contributed by atoms with Crippen LogP contribution in [0.25, 0.3) is 0 Å². The Morgan fingerprint density at radius 2 is 1.70 bits per heavy atom. The largest absolute Gasteiger partial charge is 0.457 e. The number of hydrogen-bond donors (Lipinski definition) is 0. The first-order valence-electron chi connectivity index (χ1n) is 6.97. The van der Waals surface area contributed by atoms with E-state index >= 15 is 0 Å². The quantitative estimate of drug-likeness (QED) is 0.719. The average molecular weight is 292 g/mol. The fourth-order valence-electron chi connectivity index (χ4n) is 3.53. The fraction of sp³-hybridized carbons (Fsp3) is 0.294. The third kappa shape index (κ3) is 1.83. The molecule has 0 radical (unpaired) electrons. The molecule has 102 valence electrons. The van der Waals surface area contributed by atoms with E-state index in [1.165, 1.54) is 11.1 Å². The van der Waals surface area contributed by atoms with Crippen LogP contribution in [0.1, 0.15) is 23.0 Å². The Morgan fingerprint density at radius 1 is 1.00 bits per heavy atom. The summed E-state index contributed by atoms with van der Waals surface area (Å²) in [5.41, 5.74) is 2.55. The molecule has 0 amide bonds. The molecule has 0 N–H and O–H groups in total. The Morgan fingerprint density at radius 3 is 2.55 bits per heavy atom. The lowest BCUT2D eigenvalue weighted by Gasteiger charge is -2.17. The average Bonchev–Trinajstić information content (AvgIpc) is 2.78. The van der Waals surface area contributed by atoms with Gasteiger partial charge in [0.2, 0.25) is 0 Å². The molecule has 4 rings (SSSR count). The highest BCUT2D eigenvalue weighted by Gasteiger charge is 2.38.